The minimum atomic E-state index is 0.656. The van der Waals surface area contributed by atoms with E-state index >= 15 is 0 Å². The van der Waals surface area contributed by atoms with Crippen molar-refractivity contribution in [3.05, 3.63) is 41.4 Å². The maximum atomic E-state index is 5.74. The molecule has 0 unspecified atom stereocenters. The highest BCUT2D eigenvalue weighted by atomic mass is 35.5. The average molecular weight is 251 g/mol. The Morgan fingerprint density at radius 1 is 1.29 bits per heavy atom. The molecule has 1 saturated heterocycles. The van der Waals surface area contributed by atoms with Gasteiger partial charge < -0.3 is 10.2 Å². The van der Waals surface area contributed by atoms with Gasteiger partial charge in [0.2, 0.25) is 0 Å². The van der Waals surface area contributed by atoms with Gasteiger partial charge in [-0.1, -0.05) is 36.4 Å². The Kier molecular flexibility index (Phi) is 4.46. The summed E-state index contributed by atoms with van der Waals surface area (Å²) in [6.07, 6.45) is 2.61. The molecule has 1 heterocycles. The monoisotopic (exact) mass is 250 g/mol. The van der Waals surface area contributed by atoms with Crippen molar-refractivity contribution in [3.8, 4) is 0 Å². The third-order valence-corrected chi connectivity index (χ3v) is 3.20. The Hall–Kier alpha value is -0.990. The Bertz CT molecular complexity index is 384. The van der Waals surface area contributed by atoms with E-state index in [0.29, 0.717) is 11.6 Å². The predicted molar refractivity (Wildman–Crippen MR) is 74.6 cm³/mol. The molecule has 2 nitrogen and oxygen atoms in total. The van der Waals surface area contributed by atoms with Gasteiger partial charge >= 0.3 is 0 Å². The van der Waals surface area contributed by atoms with Crippen LogP contribution in [-0.2, 0) is 6.54 Å². The summed E-state index contributed by atoms with van der Waals surface area (Å²) in [7, 11) is 0. The van der Waals surface area contributed by atoms with Crippen LogP contribution in [0.5, 0.6) is 0 Å². The Morgan fingerprint density at radius 2 is 2.00 bits per heavy atom. The molecule has 3 heteroatoms. The zero-order chi connectivity index (χ0) is 12.1. The Balaban J connectivity index is 2.02. The first-order valence-corrected chi connectivity index (χ1v) is 6.52. The van der Waals surface area contributed by atoms with Crippen molar-refractivity contribution in [2.75, 3.05) is 24.5 Å². The van der Waals surface area contributed by atoms with Gasteiger partial charge in [-0.15, -0.1) is 0 Å². The molecule has 0 amide bonds. The predicted octanol–water partition coefficient (Wildman–Crippen LogP) is 3.13. The van der Waals surface area contributed by atoms with Crippen LogP contribution < -0.4 is 10.2 Å². The zero-order valence-corrected chi connectivity index (χ0v) is 10.8. The van der Waals surface area contributed by atoms with Crippen LogP contribution in [0.25, 0.3) is 0 Å². The molecule has 0 atom stereocenters. The van der Waals surface area contributed by atoms with Crippen LogP contribution in [0, 0.1) is 0 Å². The third kappa shape index (κ3) is 3.48. The summed E-state index contributed by atoms with van der Waals surface area (Å²) in [5.41, 5.74) is 2.70. The molecule has 0 spiro atoms. The van der Waals surface area contributed by atoms with Gasteiger partial charge in [0.05, 0.1) is 0 Å². The molecule has 1 fully saturated rings. The van der Waals surface area contributed by atoms with Crippen molar-refractivity contribution in [2.24, 2.45) is 0 Å². The van der Waals surface area contributed by atoms with Crippen LogP contribution in [0.4, 0.5) is 5.69 Å². The maximum absolute atomic E-state index is 5.74. The second-order valence-electron chi connectivity index (χ2n) is 4.44. The van der Waals surface area contributed by atoms with Gasteiger partial charge in [0.1, 0.15) is 0 Å². The van der Waals surface area contributed by atoms with Crippen LogP contribution in [-0.4, -0.2) is 19.6 Å². The lowest BCUT2D eigenvalue weighted by atomic mass is 10.1. The van der Waals surface area contributed by atoms with Crippen LogP contribution in [0.3, 0.4) is 0 Å². The summed E-state index contributed by atoms with van der Waals surface area (Å²) in [4.78, 5) is 2.46. The summed E-state index contributed by atoms with van der Waals surface area (Å²) < 4.78 is 0. The molecule has 1 aromatic carbocycles. The van der Waals surface area contributed by atoms with E-state index in [1.54, 1.807) is 0 Å². The number of hydrogen-bond donors (Lipinski definition) is 1. The fraction of sp³-hybridized carbons (Fsp3) is 0.429. The second kappa shape index (κ2) is 6.08. The van der Waals surface area contributed by atoms with Crippen molar-refractivity contribution < 1.29 is 0 Å². The molecule has 17 heavy (non-hydrogen) atoms. The highest BCUT2D eigenvalue weighted by Crippen LogP contribution is 2.24. The van der Waals surface area contributed by atoms with Crippen molar-refractivity contribution >= 4 is 17.3 Å². The first-order valence-electron chi connectivity index (χ1n) is 6.14. The number of rotatable bonds is 5. The maximum Gasteiger partial charge on any atom is 0.0411 e. The molecule has 0 radical (unpaired) electrons. The summed E-state index contributed by atoms with van der Waals surface area (Å²) in [5.74, 6) is 0. The largest absolute Gasteiger partial charge is 0.371 e. The topological polar surface area (TPSA) is 15.3 Å². The van der Waals surface area contributed by atoms with E-state index in [2.05, 4.69) is 41.1 Å². The van der Waals surface area contributed by atoms with Crippen LogP contribution in [0.15, 0.2) is 35.9 Å². The SMILES string of the molecule is C=C(Cl)CNCc1ccccc1N1CCCC1. The molecule has 0 aromatic heterocycles. The fourth-order valence-corrected chi connectivity index (χ4v) is 2.35. The van der Waals surface area contributed by atoms with Crippen molar-refractivity contribution in [3.63, 3.8) is 0 Å². The molecule has 1 aromatic rings. The quantitative estimate of drug-likeness (QED) is 0.864. The summed E-state index contributed by atoms with van der Waals surface area (Å²) in [5, 5.41) is 3.96. The molecule has 0 saturated carbocycles. The third-order valence-electron chi connectivity index (χ3n) is 3.07. The minimum Gasteiger partial charge on any atom is -0.371 e. The Morgan fingerprint density at radius 3 is 2.71 bits per heavy atom. The highest BCUT2D eigenvalue weighted by molar-refractivity contribution is 6.29. The molecule has 1 aliphatic heterocycles. The van der Waals surface area contributed by atoms with Gasteiger partial charge in [-0.2, -0.15) is 0 Å². The molecule has 2 rings (SSSR count). The van der Waals surface area contributed by atoms with Crippen molar-refractivity contribution in [1.29, 1.82) is 0 Å². The van der Waals surface area contributed by atoms with Crippen LogP contribution >= 0.6 is 11.6 Å². The van der Waals surface area contributed by atoms with Gasteiger partial charge in [0.15, 0.2) is 0 Å². The van der Waals surface area contributed by atoms with E-state index in [4.69, 9.17) is 11.6 Å². The molecule has 92 valence electrons. The highest BCUT2D eigenvalue weighted by Gasteiger charge is 2.14. The van der Waals surface area contributed by atoms with E-state index in [-0.39, 0.29) is 0 Å². The number of nitrogens with one attached hydrogen (secondary N) is 1. The lowest BCUT2D eigenvalue weighted by molar-refractivity contribution is 0.750. The average Bonchev–Trinajstić information content (AvgIpc) is 2.82. The molecule has 1 aliphatic rings. The minimum absolute atomic E-state index is 0.656. The van der Waals surface area contributed by atoms with Gasteiger partial charge in [-0.3, -0.25) is 0 Å². The normalized spacial score (nSPS) is 15.2. The van der Waals surface area contributed by atoms with Crippen molar-refractivity contribution in [2.45, 2.75) is 19.4 Å². The molecule has 1 N–H and O–H groups in total. The number of anilines is 1. The summed E-state index contributed by atoms with van der Waals surface area (Å²) in [6, 6.07) is 8.58. The van der Waals surface area contributed by atoms with E-state index in [9.17, 15) is 0 Å². The number of nitrogens with zero attached hydrogens (tertiary/aromatic N) is 1. The fourth-order valence-electron chi connectivity index (χ4n) is 2.26. The molecular weight excluding hydrogens is 232 g/mol. The van der Waals surface area contributed by atoms with E-state index in [1.807, 2.05) is 0 Å². The van der Waals surface area contributed by atoms with E-state index < -0.39 is 0 Å². The molecule has 0 aliphatic carbocycles. The number of hydrogen-bond acceptors (Lipinski definition) is 2. The smallest absolute Gasteiger partial charge is 0.0411 e. The van der Waals surface area contributed by atoms with Gasteiger partial charge in [-0.25, -0.2) is 0 Å². The van der Waals surface area contributed by atoms with Crippen LogP contribution in [0.2, 0.25) is 0 Å². The lowest BCUT2D eigenvalue weighted by Crippen LogP contribution is -2.22. The zero-order valence-electron chi connectivity index (χ0n) is 10.1. The van der Waals surface area contributed by atoms with E-state index in [0.717, 1.165) is 6.54 Å². The van der Waals surface area contributed by atoms with Crippen LogP contribution in [0.1, 0.15) is 18.4 Å². The van der Waals surface area contributed by atoms with Gasteiger partial charge in [0, 0.05) is 36.9 Å². The lowest BCUT2D eigenvalue weighted by Gasteiger charge is -2.21. The van der Waals surface area contributed by atoms with Crippen molar-refractivity contribution in [1.82, 2.24) is 5.32 Å². The first-order chi connectivity index (χ1) is 8.27. The van der Waals surface area contributed by atoms with E-state index in [1.165, 1.54) is 37.2 Å². The number of para-hydroxylation sites is 1. The standard InChI is InChI=1S/C14H19ClN2/c1-12(15)10-16-11-13-6-2-3-7-14(13)17-8-4-5-9-17/h2-3,6-7,16H,1,4-5,8-11H2. The van der Waals surface area contributed by atoms with Gasteiger partial charge in [0.25, 0.3) is 0 Å². The molecule has 0 bridgehead atoms. The second-order valence-corrected chi connectivity index (χ2v) is 4.98. The first kappa shape index (κ1) is 12.5. The summed E-state index contributed by atoms with van der Waals surface area (Å²) in [6.45, 7) is 7.55. The summed E-state index contributed by atoms with van der Waals surface area (Å²) >= 11 is 5.74. The number of halogens is 1. The Labute approximate surface area is 108 Å². The molecular formula is C14H19ClN2. The number of benzene rings is 1. The van der Waals surface area contributed by atoms with Gasteiger partial charge in [-0.05, 0) is 24.5 Å².